The van der Waals surface area contributed by atoms with Crippen molar-refractivity contribution in [1.29, 1.82) is 0 Å². The van der Waals surface area contributed by atoms with Crippen molar-refractivity contribution in [3.05, 3.63) is 22.2 Å². The van der Waals surface area contributed by atoms with Gasteiger partial charge in [-0.1, -0.05) is 15.9 Å². The molecule has 1 aliphatic heterocycles. The minimum atomic E-state index is -1.02. The van der Waals surface area contributed by atoms with Gasteiger partial charge in [-0.05, 0) is 17.7 Å². The van der Waals surface area contributed by atoms with E-state index in [0.717, 1.165) is 16.5 Å². The third-order valence-electron chi connectivity index (χ3n) is 2.79. The third kappa shape index (κ3) is 3.84. The maximum atomic E-state index is 10.4. The van der Waals surface area contributed by atoms with Gasteiger partial charge in [-0.3, -0.25) is 0 Å². The van der Waals surface area contributed by atoms with Gasteiger partial charge in [-0.25, -0.2) is 4.79 Å². The molecule has 1 atom stereocenters. The first-order chi connectivity index (χ1) is 9.58. The van der Waals surface area contributed by atoms with Gasteiger partial charge in [-0.15, -0.1) is 0 Å². The molecule has 0 aromatic heterocycles. The van der Waals surface area contributed by atoms with Crippen molar-refractivity contribution < 1.29 is 24.1 Å². The molecule has 0 aliphatic carbocycles. The van der Waals surface area contributed by atoms with E-state index in [1.54, 1.807) is 6.07 Å². The fourth-order valence-corrected chi connectivity index (χ4v) is 2.46. The van der Waals surface area contributed by atoms with E-state index in [2.05, 4.69) is 15.9 Å². The standard InChI is InChI=1S/C13H16BrNO5/c14-9-5-12-11(19-2-1-3-20-12)4-8(9)10(15)6-18-7-13(16)17/h4-5,10H,1-3,6-7,15H2,(H,16,17). The van der Waals surface area contributed by atoms with Gasteiger partial charge in [0.25, 0.3) is 0 Å². The molecule has 0 spiro atoms. The zero-order chi connectivity index (χ0) is 14.5. The quantitative estimate of drug-likeness (QED) is 0.844. The summed E-state index contributed by atoms with van der Waals surface area (Å²) in [6.45, 7) is 0.964. The molecule has 3 N–H and O–H groups in total. The number of hydrogen-bond donors (Lipinski definition) is 2. The molecule has 6 nitrogen and oxygen atoms in total. The summed E-state index contributed by atoms with van der Waals surface area (Å²) < 4.78 is 17.0. The molecule has 1 aromatic carbocycles. The zero-order valence-electron chi connectivity index (χ0n) is 10.8. The number of ether oxygens (including phenoxy) is 3. The molecule has 0 fully saturated rings. The lowest BCUT2D eigenvalue weighted by atomic mass is 10.1. The number of carbonyl (C=O) groups is 1. The Bertz CT molecular complexity index is 494. The zero-order valence-corrected chi connectivity index (χ0v) is 12.4. The molecule has 1 heterocycles. The van der Waals surface area contributed by atoms with Crippen LogP contribution in [0.1, 0.15) is 18.0 Å². The Morgan fingerprint density at radius 2 is 2.05 bits per heavy atom. The van der Waals surface area contributed by atoms with Gasteiger partial charge in [0, 0.05) is 10.9 Å². The van der Waals surface area contributed by atoms with Crippen LogP contribution in [-0.2, 0) is 9.53 Å². The van der Waals surface area contributed by atoms with Gasteiger partial charge < -0.3 is 25.1 Å². The summed E-state index contributed by atoms with van der Waals surface area (Å²) in [5.41, 5.74) is 6.80. The van der Waals surface area contributed by atoms with Crippen LogP contribution in [0, 0.1) is 0 Å². The van der Waals surface area contributed by atoms with Gasteiger partial charge in [0.1, 0.15) is 6.61 Å². The van der Waals surface area contributed by atoms with Crippen LogP contribution in [-0.4, -0.2) is 37.5 Å². The smallest absolute Gasteiger partial charge is 0.329 e. The number of hydrogen-bond acceptors (Lipinski definition) is 5. The molecule has 20 heavy (non-hydrogen) atoms. The van der Waals surface area contributed by atoms with Crippen LogP contribution in [0.4, 0.5) is 0 Å². The van der Waals surface area contributed by atoms with Crippen molar-refractivity contribution in [2.45, 2.75) is 12.5 Å². The lowest BCUT2D eigenvalue weighted by Crippen LogP contribution is -2.20. The van der Waals surface area contributed by atoms with Crippen molar-refractivity contribution in [2.24, 2.45) is 5.73 Å². The van der Waals surface area contributed by atoms with Crippen LogP contribution in [0.3, 0.4) is 0 Å². The minimum absolute atomic E-state index is 0.116. The highest BCUT2D eigenvalue weighted by Gasteiger charge is 2.18. The molecule has 0 amide bonds. The average Bonchev–Trinajstić information content (AvgIpc) is 2.61. The van der Waals surface area contributed by atoms with E-state index in [4.69, 9.17) is 25.1 Å². The van der Waals surface area contributed by atoms with Crippen molar-refractivity contribution in [3.8, 4) is 11.5 Å². The number of carboxylic acid groups (broad SMARTS) is 1. The SMILES string of the molecule is NC(COCC(=O)O)c1cc2c(cc1Br)OCCCO2. The Kier molecular flexibility index (Phi) is 5.22. The Morgan fingerprint density at radius 1 is 1.40 bits per heavy atom. The molecular formula is C13H16BrNO5. The number of aliphatic carboxylic acids is 1. The minimum Gasteiger partial charge on any atom is -0.490 e. The van der Waals surface area contributed by atoms with Gasteiger partial charge in [-0.2, -0.15) is 0 Å². The number of benzene rings is 1. The predicted molar refractivity (Wildman–Crippen MR) is 75.1 cm³/mol. The van der Waals surface area contributed by atoms with Crippen molar-refractivity contribution in [1.82, 2.24) is 0 Å². The lowest BCUT2D eigenvalue weighted by Gasteiger charge is -2.16. The number of halogens is 1. The van der Waals surface area contributed by atoms with Crippen LogP contribution in [0.5, 0.6) is 11.5 Å². The second-order valence-electron chi connectivity index (χ2n) is 4.39. The molecule has 2 rings (SSSR count). The Balaban J connectivity index is 2.10. The number of rotatable bonds is 5. The van der Waals surface area contributed by atoms with E-state index in [9.17, 15) is 4.79 Å². The normalized spacial score (nSPS) is 15.5. The molecule has 1 unspecified atom stereocenters. The largest absolute Gasteiger partial charge is 0.490 e. The molecule has 1 aliphatic rings. The van der Waals surface area contributed by atoms with Crippen LogP contribution < -0.4 is 15.2 Å². The molecular weight excluding hydrogens is 330 g/mol. The summed E-state index contributed by atoms with van der Waals surface area (Å²) >= 11 is 3.43. The van der Waals surface area contributed by atoms with Gasteiger partial charge in [0.2, 0.25) is 0 Å². The second kappa shape index (κ2) is 6.92. The Hall–Kier alpha value is -1.31. The molecule has 1 aromatic rings. The molecule has 0 saturated carbocycles. The summed E-state index contributed by atoms with van der Waals surface area (Å²) in [5, 5.41) is 8.53. The fraction of sp³-hybridized carbons (Fsp3) is 0.462. The lowest BCUT2D eigenvalue weighted by molar-refractivity contribution is -0.142. The number of carboxylic acids is 1. The highest BCUT2D eigenvalue weighted by atomic mass is 79.9. The summed E-state index contributed by atoms with van der Waals surface area (Å²) in [5.74, 6) is 0.307. The highest BCUT2D eigenvalue weighted by molar-refractivity contribution is 9.10. The van der Waals surface area contributed by atoms with E-state index in [-0.39, 0.29) is 13.2 Å². The predicted octanol–water partition coefficient (Wildman–Crippen LogP) is 1.71. The third-order valence-corrected chi connectivity index (χ3v) is 3.48. The maximum absolute atomic E-state index is 10.4. The van der Waals surface area contributed by atoms with Crippen LogP contribution in [0.15, 0.2) is 16.6 Å². The summed E-state index contributed by atoms with van der Waals surface area (Å²) in [6, 6.07) is 3.17. The Labute approximate surface area is 124 Å². The van der Waals surface area contributed by atoms with Crippen LogP contribution in [0.25, 0.3) is 0 Å². The van der Waals surface area contributed by atoms with Gasteiger partial charge in [0.05, 0.1) is 25.9 Å². The first kappa shape index (κ1) is 15.1. The summed E-state index contributed by atoms with van der Waals surface area (Å²) in [4.78, 5) is 10.4. The first-order valence-electron chi connectivity index (χ1n) is 6.22. The van der Waals surface area contributed by atoms with E-state index in [1.807, 2.05) is 6.07 Å². The van der Waals surface area contributed by atoms with E-state index >= 15 is 0 Å². The van der Waals surface area contributed by atoms with E-state index in [0.29, 0.717) is 24.7 Å². The average molecular weight is 346 g/mol. The molecule has 0 saturated heterocycles. The summed E-state index contributed by atoms with van der Waals surface area (Å²) in [7, 11) is 0. The van der Waals surface area contributed by atoms with Crippen LogP contribution >= 0.6 is 15.9 Å². The maximum Gasteiger partial charge on any atom is 0.329 e. The van der Waals surface area contributed by atoms with Crippen LogP contribution in [0.2, 0.25) is 0 Å². The molecule has 110 valence electrons. The van der Waals surface area contributed by atoms with Gasteiger partial charge in [0.15, 0.2) is 11.5 Å². The summed E-state index contributed by atoms with van der Waals surface area (Å²) in [6.07, 6.45) is 0.829. The fourth-order valence-electron chi connectivity index (χ4n) is 1.85. The molecule has 7 heteroatoms. The monoisotopic (exact) mass is 345 g/mol. The van der Waals surface area contributed by atoms with Gasteiger partial charge >= 0.3 is 5.97 Å². The molecule has 0 radical (unpaired) electrons. The van der Waals surface area contributed by atoms with Crippen molar-refractivity contribution in [3.63, 3.8) is 0 Å². The van der Waals surface area contributed by atoms with Crippen molar-refractivity contribution in [2.75, 3.05) is 26.4 Å². The topological polar surface area (TPSA) is 91.0 Å². The first-order valence-corrected chi connectivity index (χ1v) is 7.01. The number of nitrogens with two attached hydrogens (primary N) is 1. The number of fused-ring (bicyclic) bond motifs is 1. The van der Waals surface area contributed by atoms with E-state index < -0.39 is 12.0 Å². The highest BCUT2D eigenvalue weighted by Crippen LogP contribution is 2.37. The van der Waals surface area contributed by atoms with Crippen molar-refractivity contribution >= 4 is 21.9 Å². The second-order valence-corrected chi connectivity index (χ2v) is 5.24. The molecule has 0 bridgehead atoms. The Morgan fingerprint density at radius 3 is 2.70 bits per heavy atom. The van der Waals surface area contributed by atoms with E-state index in [1.165, 1.54) is 0 Å².